The van der Waals surface area contributed by atoms with Crippen LogP contribution < -0.4 is 0 Å². The molecular formula is C28H44O7. The Morgan fingerprint density at radius 2 is 1.89 bits per heavy atom. The number of aliphatic hydroxyl groups excluding tert-OH is 1. The van der Waals surface area contributed by atoms with Gasteiger partial charge in [0.25, 0.3) is 0 Å². The summed E-state index contributed by atoms with van der Waals surface area (Å²) in [5.41, 5.74) is 0. The maximum Gasteiger partial charge on any atom is 0.330 e. The Morgan fingerprint density at radius 1 is 1.14 bits per heavy atom. The Morgan fingerprint density at radius 3 is 2.63 bits per heavy atom. The number of fused-ring (bicyclic) bond motifs is 1. The zero-order valence-corrected chi connectivity index (χ0v) is 21.5. The topological polar surface area (TPSA) is 91.3 Å². The van der Waals surface area contributed by atoms with E-state index in [1.807, 2.05) is 0 Å². The number of carbonyl (C=O) groups is 2. The number of rotatable bonds is 14. The van der Waals surface area contributed by atoms with Crippen molar-refractivity contribution in [3.05, 3.63) is 24.3 Å². The van der Waals surface area contributed by atoms with Crippen molar-refractivity contribution >= 4 is 11.9 Å². The van der Waals surface area contributed by atoms with Gasteiger partial charge < -0.3 is 24.1 Å². The molecule has 3 heterocycles. The molecule has 0 aromatic carbocycles. The third kappa shape index (κ3) is 9.36. The second-order valence-electron chi connectivity index (χ2n) is 10.3. The van der Waals surface area contributed by atoms with Crippen molar-refractivity contribution in [2.24, 2.45) is 0 Å². The van der Waals surface area contributed by atoms with Gasteiger partial charge in [0.15, 0.2) is 5.79 Å². The first kappa shape index (κ1) is 27.9. The summed E-state index contributed by atoms with van der Waals surface area (Å²) >= 11 is 0. The van der Waals surface area contributed by atoms with Crippen molar-refractivity contribution < 1.29 is 33.6 Å². The Hall–Kier alpha value is -1.70. The van der Waals surface area contributed by atoms with Gasteiger partial charge >= 0.3 is 11.9 Å². The fourth-order valence-electron chi connectivity index (χ4n) is 5.46. The molecule has 7 heteroatoms. The van der Waals surface area contributed by atoms with Crippen LogP contribution in [0.5, 0.6) is 0 Å². The lowest BCUT2D eigenvalue weighted by atomic mass is 9.91. The normalized spacial score (nSPS) is 31.0. The van der Waals surface area contributed by atoms with E-state index in [0.717, 1.165) is 25.7 Å². The second-order valence-corrected chi connectivity index (χ2v) is 10.3. The highest BCUT2D eigenvalue weighted by atomic mass is 16.7. The van der Waals surface area contributed by atoms with Crippen LogP contribution in [0.15, 0.2) is 24.3 Å². The van der Waals surface area contributed by atoms with Gasteiger partial charge in [0.05, 0.1) is 12.2 Å². The van der Waals surface area contributed by atoms with Crippen molar-refractivity contribution in [2.45, 2.75) is 140 Å². The lowest BCUT2D eigenvalue weighted by Gasteiger charge is -2.41. The zero-order chi connectivity index (χ0) is 25.1. The minimum Gasteiger partial charge on any atom is -0.462 e. The molecule has 1 N–H and O–H groups in total. The summed E-state index contributed by atoms with van der Waals surface area (Å²) in [7, 11) is 0. The van der Waals surface area contributed by atoms with Crippen LogP contribution in [0, 0.1) is 0 Å². The number of aliphatic hydroxyl groups is 1. The van der Waals surface area contributed by atoms with Gasteiger partial charge in [-0.2, -0.15) is 0 Å². The largest absolute Gasteiger partial charge is 0.462 e. The molecule has 0 aliphatic carbocycles. The van der Waals surface area contributed by atoms with Crippen LogP contribution in [-0.2, 0) is 28.5 Å². The second kappa shape index (κ2) is 14.1. The lowest BCUT2D eigenvalue weighted by Crippen LogP contribution is -2.48. The summed E-state index contributed by atoms with van der Waals surface area (Å²) in [5, 5.41) is 10.7. The molecule has 2 saturated heterocycles. The number of hydrogen-bond donors (Lipinski definition) is 1. The van der Waals surface area contributed by atoms with Gasteiger partial charge in [-0.1, -0.05) is 57.6 Å². The summed E-state index contributed by atoms with van der Waals surface area (Å²) in [4.78, 5) is 23.3. The third-order valence-corrected chi connectivity index (χ3v) is 7.04. The van der Waals surface area contributed by atoms with Crippen molar-refractivity contribution in [2.75, 3.05) is 0 Å². The molecule has 3 aliphatic heterocycles. The Bertz CT molecular complexity index is 733. The molecule has 0 amide bonds. The van der Waals surface area contributed by atoms with E-state index in [2.05, 4.69) is 19.1 Å². The molecule has 0 aromatic rings. The average molecular weight is 493 g/mol. The minimum absolute atomic E-state index is 0.287. The Labute approximate surface area is 210 Å². The molecule has 2 fully saturated rings. The van der Waals surface area contributed by atoms with Crippen LogP contribution in [0.2, 0.25) is 0 Å². The van der Waals surface area contributed by atoms with E-state index in [4.69, 9.17) is 18.9 Å². The molecule has 6 atom stereocenters. The quantitative estimate of drug-likeness (QED) is 0.200. The monoisotopic (exact) mass is 492 g/mol. The van der Waals surface area contributed by atoms with Crippen molar-refractivity contribution in [3.8, 4) is 0 Å². The van der Waals surface area contributed by atoms with E-state index in [1.165, 1.54) is 51.5 Å². The summed E-state index contributed by atoms with van der Waals surface area (Å²) in [5.74, 6) is -1.69. The van der Waals surface area contributed by atoms with Crippen LogP contribution in [0.3, 0.4) is 0 Å². The fraction of sp³-hybridized carbons (Fsp3) is 0.786. The third-order valence-electron chi connectivity index (χ3n) is 7.04. The first-order valence-electron chi connectivity index (χ1n) is 13.6. The number of esters is 2. The van der Waals surface area contributed by atoms with Crippen molar-refractivity contribution in [1.82, 2.24) is 0 Å². The first-order valence-corrected chi connectivity index (χ1v) is 13.6. The number of allylic oxidation sites excluding steroid dienone is 2. The van der Waals surface area contributed by atoms with E-state index in [9.17, 15) is 14.7 Å². The summed E-state index contributed by atoms with van der Waals surface area (Å²) < 4.78 is 23.5. The number of hydrogen-bond acceptors (Lipinski definition) is 7. The van der Waals surface area contributed by atoms with Gasteiger partial charge in [0.2, 0.25) is 0 Å². The predicted octanol–water partition coefficient (Wildman–Crippen LogP) is 5.29. The summed E-state index contributed by atoms with van der Waals surface area (Å²) in [6.45, 7) is 3.56. The van der Waals surface area contributed by atoms with Gasteiger partial charge in [-0.3, -0.25) is 4.79 Å². The molecule has 3 aliphatic rings. The molecule has 0 saturated carbocycles. The predicted molar refractivity (Wildman–Crippen MR) is 133 cm³/mol. The smallest absolute Gasteiger partial charge is 0.330 e. The zero-order valence-electron chi connectivity index (χ0n) is 21.5. The SMILES string of the molecule is CC/C=C/CCCCCCCCCC(O)CC1CC(OC(C)=O)CC2(CC3OC(=O)C=CC3O2)O1. The average Bonchev–Trinajstić information content (AvgIpc) is 3.12. The van der Waals surface area contributed by atoms with Gasteiger partial charge in [0.1, 0.15) is 18.3 Å². The summed E-state index contributed by atoms with van der Waals surface area (Å²) in [6, 6.07) is 0. The Kier molecular flexibility index (Phi) is 11.3. The lowest BCUT2D eigenvalue weighted by molar-refractivity contribution is -0.286. The number of unbranched alkanes of at least 4 members (excludes halogenated alkanes) is 7. The molecule has 3 rings (SSSR count). The van der Waals surface area contributed by atoms with Crippen LogP contribution in [-0.4, -0.2) is 53.4 Å². The maximum atomic E-state index is 11.6. The van der Waals surface area contributed by atoms with E-state index in [0.29, 0.717) is 25.7 Å². The molecule has 198 valence electrons. The highest BCUT2D eigenvalue weighted by Gasteiger charge is 2.54. The van der Waals surface area contributed by atoms with E-state index in [1.54, 1.807) is 6.08 Å². The van der Waals surface area contributed by atoms with E-state index >= 15 is 0 Å². The Balaban J connectivity index is 1.38. The standard InChI is InChI=1S/C28H44O7/c1-3-4-5-6-7-8-9-10-11-12-13-14-22(30)17-23-18-24(32-21(2)29)19-28(34-23)20-26-25(35-28)15-16-27(31)33-26/h4-5,15-16,22-26,30H,3,6-14,17-20H2,1-2H3/b5-4+. The highest BCUT2D eigenvalue weighted by Crippen LogP contribution is 2.44. The molecular weight excluding hydrogens is 448 g/mol. The molecule has 1 spiro atoms. The minimum atomic E-state index is -0.973. The van der Waals surface area contributed by atoms with Crippen LogP contribution in [0.1, 0.15) is 104 Å². The molecule has 35 heavy (non-hydrogen) atoms. The van der Waals surface area contributed by atoms with Gasteiger partial charge in [-0.25, -0.2) is 4.79 Å². The van der Waals surface area contributed by atoms with Crippen molar-refractivity contribution in [3.63, 3.8) is 0 Å². The maximum absolute atomic E-state index is 11.6. The van der Waals surface area contributed by atoms with Gasteiger partial charge in [-0.05, 0) is 38.2 Å². The van der Waals surface area contributed by atoms with Gasteiger partial charge in [-0.15, -0.1) is 0 Å². The number of ether oxygens (including phenoxy) is 4. The molecule has 7 nitrogen and oxygen atoms in total. The van der Waals surface area contributed by atoms with Gasteiger partial charge in [0, 0.05) is 32.3 Å². The van der Waals surface area contributed by atoms with E-state index < -0.39 is 18.0 Å². The van der Waals surface area contributed by atoms with Crippen LogP contribution in [0.4, 0.5) is 0 Å². The van der Waals surface area contributed by atoms with Crippen molar-refractivity contribution in [1.29, 1.82) is 0 Å². The highest BCUT2D eigenvalue weighted by molar-refractivity contribution is 5.83. The molecule has 6 unspecified atom stereocenters. The number of carbonyl (C=O) groups excluding carboxylic acids is 2. The van der Waals surface area contributed by atoms with Crippen LogP contribution >= 0.6 is 0 Å². The molecule has 0 bridgehead atoms. The fourth-order valence-corrected chi connectivity index (χ4v) is 5.46. The first-order chi connectivity index (χ1) is 16.9. The van der Waals surface area contributed by atoms with Crippen LogP contribution in [0.25, 0.3) is 0 Å². The molecule has 0 aromatic heterocycles. The van der Waals surface area contributed by atoms with E-state index in [-0.39, 0.29) is 30.3 Å². The molecule has 0 radical (unpaired) electrons. The summed E-state index contributed by atoms with van der Waals surface area (Å²) in [6.07, 6.45) is 19.0.